The van der Waals surface area contributed by atoms with E-state index in [1.165, 1.54) is 7.11 Å². The third-order valence-electron chi connectivity index (χ3n) is 5.32. The normalized spacial score (nSPS) is 13.4. The van der Waals surface area contributed by atoms with Gasteiger partial charge in [-0.25, -0.2) is 4.79 Å². The molecule has 1 N–H and O–H groups in total. The summed E-state index contributed by atoms with van der Waals surface area (Å²) in [6.07, 6.45) is 3.56. The lowest BCUT2D eigenvalue weighted by atomic mass is 9.80. The molecule has 0 saturated heterocycles. The predicted octanol–water partition coefficient (Wildman–Crippen LogP) is 4.80. The zero-order chi connectivity index (χ0) is 24.0. The summed E-state index contributed by atoms with van der Waals surface area (Å²) in [4.78, 5) is 39.0. The van der Waals surface area contributed by atoms with Gasteiger partial charge >= 0.3 is 5.97 Å². The standard InChI is InChI=1S/C24H23BrN2O6/c1-3-33-23(29)12-22(27(30)31)24(15-5-4-6-19(10-15)32-2)17(14-28)9-16-13-26-21-8-7-18(25)11-20(16)21/h4-8,10-14,17,24,26H,3,9H2,1-2H3/b22-12+/t17-,24+/m0/s1. The lowest BCUT2D eigenvalue weighted by Gasteiger charge is -2.21. The Morgan fingerprint density at radius 1 is 1.27 bits per heavy atom. The number of allylic oxidation sites excluding steroid dienone is 1. The summed E-state index contributed by atoms with van der Waals surface area (Å²) in [6, 6.07) is 12.4. The van der Waals surface area contributed by atoms with Gasteiger partial charge < -0.3 is 19.3 Å². The van der Waals surface area contributed by atoms with Gasteiger partial charge in [-0.05, 0) is 54.8 Å². The number of fused-ring (bicyclic) bond motifs is 1. The Hall–Kier alpha value is -3.46. The van der Waals surface area contributed by atoms with Crippen molar-refractivity contribution in [1.29, 1.82) is 0 Å². The first-order chi connectivity index (χ1) is 15.9. The van der Waals surface area contributed by atoms with Gasteiger partial charge in [0, 0.05) is 27.5 Å². The van der Waals surface area contributed by atoms with Crippen LogP contribution in [0.3, 0.4) is 0 Å². The van der Waals surface area contributed by atoms with Crippen molar-refractivity contribution in [2.75, 3.05) is 13.7 Å². The number of hydrogen-bond acceptors (Lipinski definition) is 6. The van der Waals surface area contributed by atoms with Gasteiger partial charge in [-0.15, -0.1) is 0 Å². The summed E-state index contributed by atoms with van der Waals surface area (Å²) >= 11 is 3.45. The van der Waals surface area contributed by atoms with Crippen molar-refractivity contribution in [2.24, 2.45) is 5.92 Å². The molecule has 1 heterocycles. The lowest BCUT2D eigenvalue weighted by Crippen LogP contribution is -2.24. The van der Waals surface area contributed by atoms with Crippen LogP contribution < -0.4 is 4.74 Å². The molecule has 0 amide bonds. The number of halogens is 1. The number of nitrogens with zero attached hydrogens (tertiary/aromatic N) is 1. The first-order valence-corrected chi connectivity index (χ1v) is 11.0. The molecule has 9 heteroatoms. The van der Waals surface area contributed by atoms with E-state index in [1.54, 1.807) is 37.4 Å². The van der Waals surface area contributed by atoms with Gasteiger partial charge in [-0.1, -0.05) is 28.1 Å². The Labute approximate surface area is 198 Å². The molecule has 0 fully saturated rings. The number of aromatic amines is 1. The summed E-state index contributed by atoms with van der Waals surface area (Å²) < 4.78 is 11.0. The maximum atomic E-state index is 12.3. The van der Waals surface area contributed by atoms with Crippen molar-refractivity contribution >= 4 is 39.1 Å². The number of H-pyrrole nitrogens is 1. The summed E-state index contributed by atoms with van der Waals surface area (Å²) in [7, 11) is 1.48. The minimum atomic E-state index is -1.01. The first kappa shape index (κ1) is 24.2. The number of esters is 1. The molecule has 0 radical (unpaired) electrons. The second-order valence-electron chi connectivity index (χ2n) is 7.34. The van der Waals surface area contributed by atoms with Crippen LogP contribution in [0, 0.1) is 16.0 Å². The van der Waals surface area contributed by atoms with Crippen LogP contribution in [0.2, 0.25) is 0 Å². The number of rotatable bonds is 10. The van der Waals surface area contributed by atoms with Crippen molar-refractivity contribution < 1.29 is 24.0 Å². The maximum absolute atomic E-state index is 12.3. The Balaban J connectivity index is 2.12. The van der Waals surface area contributed by atoms with Crippen LogP contribution in [0.15, 0.2) is 64.9 Å². The Morgan fingerprint density at radius 2 is 2.06 bits per heavy atom. The van der Waals surface area contributed by atoms with Crippen molar-refractivity contribution in [3.05, 3.63) is 86.1 Å². The van der Waals surface area contributed by atoms with E-state index in [1.807, 2.05) is 18.2 Å². The molecular formula is C24H23BrN2O6. The Kier molecular flexibility index (Phi) is 8.00. The smallest absolute Gasteiger partial charge is 0.337 e. The van der Waals surface area contributed by atoms with Gasteiger partial charge in [-0.3, -0.25) is 10.1 Å². The zero-order valence-electron chi connectivity index (χ0n) is 18.1. The molecule has 1 aromatic heterocycles. The SMILES string of the molecule is CCOC(=O)/C=C(\[C@H](c1cccc(OC)c1)[C@H](C=O)Cc1c[nH]c2ccc(Br)cc12)[N+](=O)[O-]. The number of carbonyl (C=O) groups excluding carboxylic acids is 2. The van der Waals surface area contributed by atoms with Crippen LogP contribution in [-0.2, 0) is 20.7 Å². The fourth-order valence-corrected chi connectivity index (χ4v) is 4.21. The molecular weight excluding hydrogens is 492 g/mol. The van der Waals surface area contributed by atoms with E-state index in [4.69, 9.17) is 9.47 Å². The second-order valence-corrected chi connectivity index (χ2v) is 8.26. The summed E-state index contributed by atoms with van der Waals surface area (Å²) in [6.45, 7) is 1.69. The average molecular weight is 515 g/mol. The molecule has 2 aromatic carbocycles. The predicted molar refractivity (Wildman–Crippen MR) is 127 cm³/mol. The van der Waals surface area contributed by atoms with Crippen LogP contribution in [-0.4, -0.2) is 35.9 Å². The van der Waals surface area contributed by atoms with Gasteiger partial charge in [0.25, 0.3) is 5.70 Å². The highest BCUT2D eigenvalue weighted by Crippen LogP contribution is 2.36. The number of nitrogens with one attached hydrogen (secondary N) is 1. The van der Waals surface area contributed by atoms with E-state index in [9.17, 15) is 19.7 Å². The van der Waals surface area contributed by atoms with Crippen molar-refractivity contribution in [2.45, 2.75) is 19.3 Å². The van der Waals surface area contributed by atoms with Crippen LogP contribution in [0.4, 0.5) is 0 Å². The number of carbonyl (C=O) groups is 2. The number of ether oxygens (including phenoxy) is 2. The van der Waals surface area contributed by atoms with E-state index in [-0.39, 0.29) is 13.0 Å². The number of aromatic nitrogens is 1. The Bertz CT molecular complexity index is 1200. The fourth-order valence-electron chi connectivity index (χ4n) is 3.85. The van der Waals surface area contributed by atoms with Crippen molar-refractivity contribution in [3.8, 4) is 5.75 Å². The monoisotopic (exact) mass is 514 g/mol. The molecule has 3 rings (SSSR count). The number of hydrogen-bond donors (Lipinski definition) is 1. The number of aldehydes is 1. The minimum absolute atomic E-state index is 0.0749. The second kappa shape index (κ2) is 10.9. The Morgan fingerprint density at radius 3 is 2.73 bits per heavy atom. The summed E-state index contributed by atoms with van der Waals surface area (Å²) in [5.41, 5.74) is 1.78. The molecule has 0 spiro atoms. The molecule has 0 aliphatic carbocycles. The molecule has 0 saturated carbocycles. The molecule has 8 nitrogen and oxygen atoms in total. The zero-order valence-corrected chi connectivity index (χ0v) is 19.7. The van der Waals surface area contributed by atoms with Gasteiger partial charge in [-0.2, -0.15) is 0 Å². The number of benzene rings is 2. The molecule has 2 atom stereocenters. The van der Waals surface area contributed by atoms with Gasteiger partial charge in [0.1, 0.15) is 12.0 Å². The lowest BCUT2D eigenvalue weighted by molar-refractivity contribution is -0.431. The highest BCUT2D eigenvalue weighted by atomic mass is 79.9. The number of nitro groups is 1. The molecule has 3 aromatic rings. The quantitative estimate of drug-likeness (QED) is 0.137. The first-order valence-electron chi connectivity index (χ1n) is 10.2. The molecule has 0 aliphatic rings. The van der Waals surface area contributed by atoms with Crippen molar-refractivity contribution in [3.63, 3.8) is 0 Å². The van der Waals surface area contributed by atoms with Gasteiger partial charge in [0.05, 0.1) is 30.6 Å². The highest BCUT2D eigenvalue weighted by molar-refractivity contribution is 9.10. The van der Waals surface area contributed by atoms with Crippen LogP contribution in [0.25, 0.3) is 10.9 Å². The maximum Gasteiger partial charge on any atom is 0.337 e. The van der Waals surface area contributed by atoms with E-state index in [0.29, 0.717) is 17.6 Å². The molecule has 33 heavy (non-hydrogen) atoms. The van der Waals surface area contributed by atoms with Gasteiger partial charge in [0.15, 0.2) is 0 Å². The van der Waals surface area contributed by atoms with Crippen LogP contribution in [0.5, 0.6) is 5.75 Å². The third-order valence-corrected chi connectivity index (χ3v) is 5.82. The largest absolute Gasteiger partial charge is 0.497 e. The highest BCUT2D eigenvalue weighted by Gasteiger charge is 2.36. The van der Waals surface area contributed by atoms with E-state index in [0.717, 1.165) is 27.0 Å². The average Bonchev–Trinajstić information content (AvgIpc) is 3.19. The summed E-state index contributed by atoms with van der Waals surface area (Å²) in [5, 5.41) is 13.0. The molecule has 172 valence electrons. The van der Waals surface area contributed by atoms with Crippen molar-refractivity contribution in [1.82, 2.24) is 4.98 Å². The summed E-state index contributed by atoms with van der Waals surface area (Å²) in [5.74, 6) is -2.19. The van der Waals surface area contributed by atoms with Gasteiger partial charge in [0.2, 0.25) is 0 Å². The van der Waals surface area contributed by atoms with Crippen LogP contribution >= 0.6 is 15.9 Å². The van der Waals surface area contributed by atoms with Crippen LogP contribution in [0.1, 0.15) is 24.0 Å². The molecule has 0 aliphatic heterocycles. The van der Waals surface area contributed by atoms with E-state index >= 15 is 0 Å². The topological polar surface area (TPSA) is 112 Å². The molecule has 0 unspecified atom stereocenters. The number of methoxy groups -OCH3 is 1. The van der Waals surface area contributed by atoms with E-state index < -0.39 is 28.4 Å². The third kappa shape index (κ3) is 5.67. The molecule has 0 bridgehead atoms. The fraction of sp³-hybridized carbons (Fsp3) is 0.250. The minimum Gasteiger partial charge on any atom is -0.497 e. The van der Waals surface area contributed by atoms with E-state index in [2.05, 4.69) is 20.9 Å².